The van der Waals surface area contributed by atoms with Gasteiger partial charge in [-0.3, -0.25) is 0 Å². The van der Waals surface area contributed by atoms with Crippen LogP contribution in [0, 0.1) is 0 Å². The topological polar surface area (TPSA) is 82.3 Å². The van der Waals surface area contributed by atoms with Crippen molar-refractivity contribution >= 4 is 26.0 Å². The predicted octanol–water partition coefficient (Wildman–Crippen LogP) is 1.44. The molecular weight excluding hydrogens is 310 g/mol. The predicted molar refractivity (Wildman–Crippen MR) is 54.8 cm³/mol. The minimum Gasteiger partial charge on any atom is -0.494 e. The molecule has 0 spiro atoms. The summed E-state index contributed by atoms with van der Waals surface area (Å²) in [5.41, 5.74) is -0.804. The van der Waals surface area contributed by atoms with E-state index in [-0.39, 0.29) is 10.4 Å². The number of methoxy groups -OCH3 is 1. The summed E-state index contributed by atoms with van der Waals surface area (Å²) in [5, 5.41) is 4.85. The lowest BCUT2D eigenvalue weighted by Crippen LogP contribution is -2.17. The highest BCUT2D eigenvalue weighted by Gasteiger charge is 2.28. The number of primary sulfonamides is 1. The molecule has 1 heterocycles. The van der Waals surface area contributed by atoms with Gasteiger partial charge in [-0.2, -0.15) is 0 Å². The maximum Gasteiger partial charge on any atom is 0.267 e. The summed E-state index contributed by atoms with van der Waals surface area (Å²) in [5.74, 6) is -0.319. The van der Waals surface area contributed by atoms with Crippen LogP contribution in [-0.4, -0.2) is 20.5 Å². The number of nitrogens with two attached hydrogens (primary N) is 1. The lowest BCUT2D eigenvalue weighted by Gasteiger charge is -2.12. The van der Waals surface area contributed by atoms with Crippen molar-refractivity contribution in [1.82, 2.24) is 4.98 Å². The summed E-state index contributed by atoms with van der Waals surface area (Å²) >= 11 is 2.74. The van der Waals surface area contributed by atoms with Gasteiger partial charge in [0.05, 0.1) is 18.9 Å². The molecule has 0 aromatic carbocycles. The van der Waals surface area contributed by atoms with Gasteiger partial charge in [0.15, 0.2) is 5.75 Å². The van der Waals surface area contributed by atoms with Crippen LogP contribution in [0.15, 0.2) is 15.7 Å². The van der Waals surface area contributed by atoms with E-state index in [1.54, 1.807) is 0 Å². The quantitative estimate of drug-likeness (QED) is 0.855. The zero-order valence-electron chi connectivity index (χ0n) is 7.95. The Morgan fingerprint density at radius 3 is 2.50 bits per heavy atom. The van der Waals surface area contributed by atoms with Gasteiger partial charge < -0.3 is 4.74 Å². The first-order valence-corrected chi connectivity index (χ1v) is 6.16. The van der Waals surface area contributed by atoms with Gasteiger partial charge in [0, 0.05) is 0 Å². The summed E-state index contributed by atoms with van der Waals surface area (Å²) in [4.78, 5) is 2.78. The Morgan fingerprint density at radius 1 is 1.56 bits per heavy atom. The number of nitrogens with zero attached hydrogens (tertiary/aromatic N) is 1. The Balaban J connectivity index is 3.70. The molecule has 2 N–H and O–H groups in total. The number of aromatic nitrogens is 1. The lowest BCUT2D eigenvalue weighted by atomic mass is 10.3. The van der Waals surface area contributed by atoms with Crippen LogP contribution >= 0.6 is 15.9 Å². The molecule has 90 valence electrons. The summed E-state index contributed by atoms with van der Waals surface area (Å²) in [7, 11) is -3.18. The number of sulfonamides is 1. The molecule has 0 fully saturated rings. The van der Waals surface area contributed by atoms with E-state index in [1.165, 1.54) is 0 Å². The van der Waals surface area contributed by atoms with E-state index in [2.05, 4.69) is 25.7 Å². The largest absolute Gasteiger partial charge is 0.494 e. The van der Waals surface area contributed by atoms with Crippen LogP contribution in [0.3, 0.4) is 0 Å². The van der Waals surface area contributed by atoms with Crippen molar-refractivity contribution in [2.45, 2.75) is 11.3 Å². The van der Waals surface area contributed by atoms with Gasteiger partial charge in [-0.05, 0) is 15.9 Å². The molecule has 0 atom stereocenters. The maximum absolute atomic E-state index is 12.7. The van der Waals surface area contributed by atoms with E-state index in [1.807, 2.05) is 0 Å². The number of hydrogen-bond donors (Lipinski definition) is 1. The van der Waals surface area contributed by atoms with E-state index in [0.717, 1.165) is 13.3 Å². The fraction of sp³-hybridized carbons (Fsp3) is 0.286. The normalized spacial score (nSPS) is 11.9. The molecule has 0 bridgehead atoms. The van der Waals surface area contributed by atoms with Crippen molar-refractivity contribution in [2.75, 3.05) is 7.11 Å². The van der Waals surface area contributed by atoms with Crippen LogP contribution in [-0.2, 0) is 10.0 Å². The van der Waals surface area contributed by atoms with Gasteiger partial charge in [0.1, 0.15) is 9.50 Å². The first-order chi connectivity index (χ1) is 7.29. The molecule has 0 saturated heterocycles. The lowest BCUT2D eigenvalue weighted by molar-refractivity contribution is 0.145. The van der Waals surface area contributed by atoms with Crippen LogP contribution in [0.2, 0.25) is 0 Å². The van der Waals surface area contributed by atoms with Crippen LogP contribution in [0.25, 0.3) is 0 Å². The maximum atomic E-state index is 12.7. The zero-order chi connectivity index (χ0) is 12.5. The fourth-order valence-corrected chi connectivity index (χ4v) is 2.61. The molecule has 0 radical (unpaired) electrons. The fourth-order valence-electron chi connectivity index (χ4n) is 1.10. The van der Waals surface area contributed by atoms with Crippen molar-refractivity contribution in [3.63, 3.8) is 0 Å². The first kappa shape index (κ1) is 13.3. The number of pyridine rings is 1. The van der Waals surface area contributed by atoms with Gasteiger partial charge in [0.25, 0.3) is 6.43 Å². The molecule has 0 aliphatic rings. The highest BCUT2D eigenvalue weighted by molar-refractivity contribution is 9.10. The number of ether oxygens (including phenoxy) is 1. The van der Waals surface area contributed by atoms with Gasteiger partial charge in [0.2, 0.25) is 10.0 Å². The third-order valence-electron chi connectivity index (χ3n) is 1.71. The molecule has 0 aliphatic heterocycles. The van der Waals surface area contributed by atoms with E-state index in [0.29, 0.717) is 0 Å². The number of halogens is 3. The third kappa shape index (κ3) is 2.47. The first-order valence-electron chi connectivity index (χ1n) is 3.82. The van der Waals surface area contributed by atoms with Crippen molar-refractivity contribution in [1.29, 1.82) is 0 Å². The van der Waals surface area contributed by atoms with Gasteiger partial charge in [-0.25, -0.2) is 27.3 Å². The van der Waals surface area contributed by atoms with E-state index >= 15 is 0 Å². The highest BCUT2D eigenvalue weighted by atomic mass is 79.9. The average molecular weight is 317 g/mol. The second kappa shape index (κ2) is 4.60. The number of alkyl halides is 2. The van der Waals surface area contributed by atoms with Gasteiger partial charge in [-0.1, -0.05) is 0 Å². The summed E-state index contributed by atoms with van der Waals surface area (Å²) in [6.45, 7) is 0. The molecule has 1 aromatic heterocycles. The van der Waals surface area contributed by atoms with E-state index in [9.17, 15) is 17.2 Å². The molecule has 1 rings (SSSR count). The summed E-state index contributed by atoms with van der Waals surface area (Å²) in [6.07, 6.45) is -2.04. The van der Waals surface area contributed by atoms with Gasteiger partial charge in [-0.15, -0.1) is 0 Å². The standard InChI is InChI=1S/C7H7BrF2N2O3S/c1-15-3-2-12-6(8)4(7(9)10)5(3)16(11,13)14/h2,7H,1H3,(H2,11,13,14). The Hall–Kier alpha value is -0.800. The molecule has 5 nitrogen and oxygen atoms in total. The Kier molecular flexibility index (Phi) is 3.81. The number of hydrogen-bond acceptors (Lipinski definition) is 4. The Bertz CT molecular complexity index is 507. The van der Waals surface area contributed by atoms with Crippen molar-refractivity contribution in [2.24, 2.45) is 5.14 Å². The van der Waals surface area contributed by atoms with Crippen LogP contribution in [0.1, 0.15) is 12.0 Å². The van der Waals surface area contributed by atoms with Crippen LogP contribution in [0.5, 0.6) is 5.75 Å². The number of rotatable bonds is 3. The molecule has 0 aliphatic carbocycles. The zero-order valence-corrected chi connectivity index (χ0v) is 10.3. The minimum absolute atomic E-state index is 0.285. The Labute approximate surface area is 98.8 Å². The smallest absolute Gasteiger partial charge is 0.267 e. The Morgan fingerprint density at radius 2 is 2.12 bits per heavy atom. The van der Waals surface area contributed by atoms with Crippen molar-refractivity contribution in [3.05, 3.63) is 16.4 Å². The average Bonchev–Trinajstić information content (AvgIpc) is 2.15. The van der Waals surface area contributed by atoms with E-state index < -0.39 is 26.9 Å². The third-order valence-corrected chi connectivity index (χ3v) is 3.33. The molecule has 0 amide bonds. The summed E-state index contributed by atoms with van der Waals surface area (Å²) in [6, 6.07) is 0. The summed E-state index contributed by atoms with van der Waals surface area (Å²) < 4.78 is 52.1. The van der Waals surface area contributed by atoms with E-state index in [4.69, 9.17) is 5.14 Å². The van der Waals surface area contributed by atoms with Crippen LogP contribution < -0.4 is 9.88 Å². The van der Waals surface area contributed by atoms with Crippen molar-refractivity contribution in [3.8, 4) is 5.75 Å². The monoisotopic (exact) mass is 316 g/mol. The highest BCUT2D eigenvalue weighted by Crippen LogP contribution is 2.36. The molecule has 0 saturated carbocycles. The van der Waals surface area contributed by atoms with Gasteiger partial charge >= 0.3 is 0 Å². The molecule has 1 aromatic rings. The molecular formula is C7H7BrF2N2O3S. The SMILES string of the molecule is COc1cnc(Br)c(C(F)F)c1S(N)(=O)=O. The van der Waals surface area contributed by atoms with Crippen molar-refractivity contribution < 1.29 is 21.9 Å². The molecule has 9 heteroatoms. The second-order valence-electron chi connectivity index (χ2n) is 2.71. The van der Waals surface area contributed by atoms with Crippen LogP contribution in [0.4, 0.5) is 8.78 Å². The molecule has 0 unspecified atom stereocenters. The minimum atomic E-state index is -4.32. The second-order valence-corrected chi connectivity index (χ2v) is 4.96. The molecule has 16 heavy (non-hydrogen) atoms.